The Balaban J connectivity index is 2.54. The van der Waals surface area contributed by atoms with Gasteiger partial charge in [0.2, 0.25) is 0 Å². The average Bonchev–Trinajstić information content (AvgIpc) is 2.48. The van der Waals surface area contributed by atoms with Gasteiger partial charge in [0.15, 0.2) is 11.6 Å². The summed E-state index contributed by atoms with van der Waals surface area (Å²) in [4.78, 5) is 11.1. The predicted molar refractivity (Wildman–Crippen MR) is 79.1 cm³/mol. The fourth-order valence-corrected chi connectivity index (χ4v) is 2.54. The molecule has 2 aromatic carbocycles. The van der Waals surface area contributed by atoms with Crippen LogP contribution in [0.25, 0.3) is 11.1 Å². The van der Waals surface area contributed by atoms with Crippen LogP contribution in [-0.2, 0) is 10.1 Å². The fraction of sp³-hybridized carbons (Fsp3) is 0.133. The molecule has 1 N–H and O–H groups in total. The number of rotatable bonds is 4. The van der Waals surface area contributed by atoms with Gasteiger partial charge < -0.3 is 9.29 Å². The number of halogens is 4. The molecule has 0 aliphatic carbocycles. The Bertz CT molecular complexity index is 935. The molecule has 0 unspecified atom stereocenters. The molecule has 0 spiro atoms. The van der Waals surface area contributed by atoms with Crippen molar-refractivity contribution in [2.24, 2.45) is 0 Å². The zero-order valence-electron chi connectivity index (χ0n) is 12.5. The molecule has 0 saturated heterocycles. The van der Waals surface area contributed by atoms with Gasteiger partial charge in [0.1, 0.15) is 0 Å². The lowest BCUT2D eigenvalue weighted by Gasteiger charge is -2.13. The number of hydrogen-bond donors (Lipinski definition) is 1. The minimum absolute atomic E-state index is 0.0628. The molecule has 0 amide bonds. The first kappa shape index (κ1) is 18.7. The third-order valence-electron chi connectivity index (χ3n) is 3.29. The summed E-state index contributed by atoms with van der Waals surface area (Å²) in [7, 11) is -6.04. The number of aromatic carboxylic acids is 1. The van der Waals surface area contributed by atoms with Gasteiger partial charge in [-0.15, -0.1) is 0 Å². The normalized spacial score (nSPS) is 12.0. The Morgan fingerprint density at radius 2 is 1.80 bits per heavy atom. The van der Waals surface area contributed by atoms with E-state index in [1.165, 1.54) is 25.1 Å². The smallest absolute Gasteiger partial charge is 0.478 e. The van der Waals surface area contributed by atoms with Crippen molar-refractivity contribution in [3.8, 4) is 16.9 Å². The van der Waals surface area contributed by atoms with E-state index < -0.39 is 33.2 Å². The van der Waals surface area contributed by atoms with Crippen LogP contribution >= 0.6 is 0 Å². The maximum absolute atomic E-state index is 13.7. The van der Waals surface area contributed by atoms with Crippen molar-refractivity contribution in [2.75, 3.05) is 0 Å². The number of carbonyl (C=O) groups is 1. The molecule has 10 heteroatoms. The molecular weight excluding hydrogens is 368 g/mol. The number of carboxylic acid groups (broad SMARTS) is 1. The molecule has 25 heavy (non-hydrogen) atoms. The highest BCUT2D eigenvalue weighted by atomic mass is 32.2. The summed E-state index contributed by atoms with van der Waals surface area (Å²) in [6.45, 7) is 1.45. The summed E-state index contributed by atoms with van der Waals surface area (Å²) in [5, 5.41) is 9.09. The zero-order valence-corrected chi connectivity index (χ0v) is 13.3. The van der Waals surface area contributed by atoms with E-state index in [4.69, 9.17) is 5.11 Å². The van der Waals surface area contributed by atoms with Crippen LogP contribution in [0.1, 0.15) is 15.9 Å². The Kier molecular flexibility index (Phi) is 4.76. The summed E-state index contributed by atoms with van der Waals surface area (Å²) in [5.74, 6) is -3.68. The monoisotopic (exact) mass is 378 g/mol. The highest BCUT2D eigenvalue weighted by Crippen LogP contribution is 2.33. The van der Waals surface area contributed by atoms with Crippen LogP contribution in [-0.4, -0.2) is 25.0 Å². The standard InChI is InChI=1S/C15H10F4O5S/c1-8-10(3-2-4-11(8)14(20)21)9-5-6-12(16)13(7-9)24-25(22,23)15(17,18)19/h2-7H,1H3,(H,20,21). The Morgan fingerprint density at radius 3 is 2.36 bits per heavy atom. The molecule has 0 heterocycles. The van der Waals surface area contributed by atoms with Gasteiger partial charge in [-0.1, -0.05) is 18.2 Å². The summed E-state index contributed by atoms with van der Waals surface area (Å²) < 4.78 is 76.7. The molecular formula is C15H10F4O5S. The first-order chi connectivity index (χ1) is 11.4. The molecule has 2 aromatic rings. The molecule has 134 valence electrons. The number of benzene rings is 2. The van der Waals surface area contributed by atoms with Crippen molar-refractivity contribution in [1.29, 1.82) is 0 Å². The molecule has 2 rings (SSSR count). The van der Waals surface area contributed by atoms with E-state index in [2.05, 4.69) is 4.18 Å². The maximum atomic E-state index is 13.7. The van der Waals surface area contributed by atoms with Gasteiger partial charge in [-0.2, -0.15) is 21.6 Å². The van der Waals surface area contributed by atoms with E-state index in [0.717, 1.165) is 18.2 Å². The van der Waals surface area contributed by atoms with Crippen molar-refractivity contribution in [2.45, 2.75) is 12.4 Å². The molecule has 0 saturated carbocycles. The highest BCUT2D eigenvalue weighted by Gasteiger charge is 2.48. The van der Waals surface area contributed by atoms with Crippen molar-refractivity contribution in [3.05, 3.63) is 53.3 Å². The lowest BCUT2D eigenvalue weighted by Crippen LogP contribution is -2.28. The SMILES string of the molecule is Cc1c(C(=O)O)cccc1-c1ccc(F)c(OS(=O)(=O)C(F)(F)F)c1. The maximum Gasteiger partial charge on any atom is 0.534 e. The average molecular weight is 378 g/mol. The number of alkyl halides is 3. The van der Waals surface area contributed by atoms with Gasteiger partial charge in [-0.3, -0.25) is 0 Å². The van der Waals surface area contributed by atoms with Crippen LogP contribution < -0.4 is 4.18 Å². The molecule has 0 bridgehead atoms. The topological polar surface area (TPSA) is 80.7 Å². The minimum atomic E-state index is -6.04. The summed E-state index contributed by atoms with van der Waals surface area (Å²) in [6.07, 6.45) is 0. The second-order valence-corrected chi connectivity index (χ2v) is 6.45. The number of hydrogen-bond acceptors (Lipinski definition) is 4. The predicted octanol–water partition coefficient (Wildman–Crippen LogP) is 3.73. The van der Waals surface area contributed by atoms with E-state index in [1.807, 2.05) is 0 Å². The van der Waals surface area contributed by atoms with Gasteiger partial charge in [0.25, 0.3) is 0 Å². The fourth-order valence-electron chi connectivity index (χ4n) is 2.08. The Hall–Kier alpha value is -2.62. The van der Waals surface area contributed by atoms with Gasteiger partial charge in [0.05, 0.1) is 5.56 Å². The molecule has 0 aliphatic rings. The van der Waals surface area contributed by atoms with Gasteiger partial charge in [-0.25, -0.2) is 9.18 Å². The van der Waals surface area contributed by atoms with Crippen LogP contribution in [0.2, 0.25) is 0 Å². The number of carboxylic acids is 1. The minimum Gasteiger partial charge on any atom is -0.478 e. The lowest BCUT2D eigenvalue weighted by molar-refractivity contribution is -0.0500. The zero-order chi connectivity index (χ0) is 19.0. The molecule has 5 nitrogen and oxygen atoms in total. The molecule has 0 aliphatic heterocycles. The first-order valence-corrected chi connectivity index (χ1v) is 7.98. The van der Waals surface area contributed by atoms with Crippen LogP contribution in [0.5, 0.6) is 5.75 Å². The van der Waals surface area contributed by atoms with Gasteiger partial charge >= 0.3 is 21.6 Å². The first-order valence-electron chi connectivity index (χ1n) is 6.57. The van der Waals surface area contributed by atoms with Crippen molar-refractivity contribution in [3.63, 3.8) is 0 Å². The van der Waals surface area contributed by atoms with Gasteiger partial charge in [-0.05, 0) is 41.8 Å². The highest BCUT2D eigenvalue weighted by molar-refractivity contribution is 7.88. The van der Waals surface area contributed by atoms with Crippen molar-refractivity contribution in [1.82, 2.24) is 0 Å². The van der Waals surface area contributed by atoms with E-state index in [1.54, 1.807) is 0 Å². The van der Waals surface area contributed by atoms with Crippen LogP contribution in [0.15, 0.2) is 36.4 Å². The van der Waals surface area contributed by atoms with Gasteiger partial charge in [0, 0.05) is 0 Å². The quantitative estimate of drug-likeness (QED) is 0.498. The van der Waals surface area contributed by atoms with Crippen molar-refractivity contribution >= 4 is 16.1 Å². The molecule has 0 fully saturated rings. The second kappa shape index (κ2) is 6.36. The summed E-state index contributed by atoms with van der Waals surface area (Å²) in [6, 6.07) is 6.81. The Morgan fingerprint density at radius 1 is 1.16 bits per heavy atom. The molecule has 0 aromatic heterocycles. The summed E-state index contributed by atoms with van der Waals surface area (Å²) >= 11 is 0. The summed E-state index contributed by atoms with van der Waals surface area (Å²) in [5.41, 5.74) is -5.14. The van der Waals surface area contributed by atoms with E-state index in [9.17, 15) is 30.8 Å². The van der Waals surface area contributed by atoms with E-state index in [-0.39, 0.29) is 22.3 Å². The third kappa shape index (κ3) is 3.73. The van der Waals surface area contributed by atoms with Crippen LogP contribution in [0, 0.1) is 12.7 Å². The van der Waals surface area contributed by atoms with Crippen molar-refractivity contribution < 1.29 is 40.1 Å². The van der Waals surface area contributed by atoms with Crippen LogP contribution in [0.4, 0.5) is 17.6 Å². The van der Waals surface area contributed by atoms with E-state index >= 15 is 0 Å². The Labute approximate surface area is 139 Å². The largest absolute Gasteiger partial charge is 0.534 e. The molecule has 0 atom stereocenters. The van der Waals surface area contributed by atoms with Crippen LogP contribution in [0.3, 0.4) is 0 Å². The third-order valence-corrected chi connectivity index (χ3v) is 4.26. The lowest BCUT2D eigenvalue weighted by atomic mass is 9.96. The molecule has 0 radical (unpaired) electrons. The van der Waals surface area contributed by atoms with E-state index in [0.29, 0.717) is 0 Å². The second-order valence-electron chi connectivity index (χ2n) is 4.91.